The first-order valence-electron chi connectivity index (χ1n) is 10.0. The Morgan fingerprint density at radius 3 is 2.74 bits per heavy atom. The van der Waals surface area contributed by atoms with Crippen molar-refractivity contribution in [2.45, 2.75) is 45.8 Å². The monoisotopic (exact) mass is 432 g/mol. The number of carbonyl (C=O) groups is 1. The van der Waals surface area contributed by atoms with Crippen molar-refractivity contribution in [2.24, 2.45) is 0 Å². The standard InChI is InChI=1S/C22H26F2N4O3/c1-13-8-16(4-5-20(13)31-12-21(23)24)15(3)28-11-17-18(27-28)6-7-25-19(17)9-22(30)26-10-14(2)29/h4-8,11,14-15,21,29H,9-10,12H2,1-3H3,(H,26,30)/t14-,15?/m0/s1. The summed E-state index contributed by atoms with van der Waals surface area (Å²) in [5, 5.41) is 17.4. The Labute approximate surface area is 179 Å². The molecular weight excluding hydrogens is 406 g/mol. The maximum Gasteiger partial charge on any atom is 0.272 e. The van der Waals surface area contributed by atoms with Crippen molar-refractivity contribution in [1.82, 2.24) is 20.1 Å². The quantitative estimate of drug-likeness (QED) is 0.543. The van der Waals surface area contributed by atoms with Crippen molar-refractivity contribution in [2.75, 3.05) is 13.2 Å². The highest BCUT2D eigenvalue weighted by Gasteiger charge is 2.16. The van der Waals surface area contributed by atoms with E-state index in [0.717, 1.165) is 16.5 Å². The van der Waals surface area contributed by atoms with Gasteiger partial charge in [-0.05, 0) is 44.0 Å². The van der Waals surface area contributed by atoms with Gasteiger partial charge in [-0.2, -0.15) is 5.10 Å². The van der Waals surface area contributed by atoms with E-state index in [-0.39, 0.29) is 24.9 Å². The number of nitrogens with one attached hydrogen (secondary N) is 1. The summed E-state index contributed by atoms with van der Waals surface area (Å²) in [5.41, 5.74) is 3.03. The molecule has 0 saturated carbocycles. The average molecular weight is 432 g/mol. The van der Waals surface area contributed by atoms with Crippen molar-refractivity contribution in [3.63, 3.8) is 0 Å². The van der Waals surface area contributed by atoms with Crippen LogP contribution in [-0.4, -0.2) is 51.5 Å². The SMILES string of the molecule is Cc1cc(C(C)n2cc3c(CC(=O)NC[C@H](C)O)nccc3n2)ccc1OCC(F)F. The maximum atomic E-state index is 12.4. The van der Waals surface area contributed by atoms with Crippen LogP contribution in [0.25, 0.3) is 10.9 Å². The number of hydrogen-bond donors (Lipinski definition) is 2. The van der Waals surface area contributed by atoms with Gasteiger partial charge in [0.15, 0.2) is 0 Å². The third kappa shape index (κ3) is 5.75. The second-order valence-electron chi connectivity index (χ2n) is 7.53. The maximum absolute atomic E-state index is 12.4. The molecule has 1 unspecified atom stereocenters. The third-order valence-corrected chi connectivity index (χ3v) is 4.90. The molecule has 0 aliphatic heterocycles. The number of pyridine rings is 1. The molecule has 9 heteroatoms. The lowest BCUT2D eigenvalue weighted by Crippen LogP contribution is -2.31. The lowest BCUT2D eigenvalue weighted by Gasteiger charge is -2.15. The van der Waals surface area contributed by atoms with Gasteiger partial charge in [0.25, 0.3) is 6.43 Å². The first-order valence-corrected chi connectivity index (χ1v) is 10.0. The lowest BCUT2D eigenvalue weighted by atomic mass is 10.1. The van der Waals surface area contributed by atoms with Gasteiger partial charge < -0.3 is 15.2 Å². The fraction of sp³-hybridized carbons (Fsp3) is 0.409. The number of aryl methyl sites for hydroxylation is 1. The van der Waals surface area contributed by atoms with E-state index in [1.165, 1.54) is 0 Å². The number of benzene rings is 1. The summed E-state index contributed by atoms with van der Waals surface area (Å²) in [6, 6.07) is 7.05. The summed E-state index contributed by atoms with van der Waals surface area (Å²) in [7, 11) is 0. The second-order valence-corrected chi connectivity index (χ2v) is 7.53. The average Bonchev–Trinajstić information content (AvgIpc) is 3.16. The molecule has 2 heterocycles. The van der Waals surface area contributed by atoms with Crippen LogP contribution < -0.4 is 10.1 Å². The van der Waals surface area contributed by atoms with Gasteiger partial charge in [0.1, 0.15) is 12.4 Å². The van der Waals surface area contributed by atoms with Crippen LogP contribution in [0, 0.1) is 6.92 Å². The fourth-order valence-corrected chi connectivity index (χ4v) is 3.23. The fourth-order valence-electron chi connectivity index (χ4n) is 3.23. The van der Waals surface area contributed by atoms with Gasteiger partial charge in [0, 0.05) is 24.3 Å². The minimum absolute atomic E-state index is 0.0828. The van der Waals surface area contributed by atoms with Crippen LogP contribution in [0.1, 0.15) is 36.7 Å². The largest absolute Gasteiger partial charge is 0.487 e. The number of ether oxygens (including phenoxy) is 1. The molecule has 0 fully saturated rings. The van der Waals surface area contributed by atoms with Gasteiger partial charge >= 0.3 is 0 Å². The van der Waals surface area contributed by atoms with E-state index in [9.17, 15) is 18.7 Å². The van der Waals surface area contributed by atoms with E-state index in [2.05, 4.69) is 15.4 Å². The zero-order chi connectivity index (χ0) is 22.5. The van der Waals surface area contributed by atoms with Crippen molar-refractivity contribution in [1.29, 1.82) is 0 Å². The van der Waals surface area contributed by atoms with E-state index in [1.54, 1.807) is 29.9 Å². The van der Waals surface area contributed by atoms with Gasteiger partial charge in [-0.1, -0.05) is 12.1 Å². The number of rotatable bonds is 9. The highest BCUT2D eigenvalue weighted by Crippen LogP contribution is 2.27. The molecule has 0 bridgehead atoms. The molecule has 1 amide bonds. The predicted molar refractivity (Wildman–Crippen MR) is 112 cm³/mol. The normalized spacial score (nSPS) is 13.4. The van der Waals surface area contributed by atoms with Crippen LogP contribution in [0.2, 0.25) is 0 Å². The number of nitrogens with zero attached hydrogens (tertiary/aromatic N) is 3. The lowest BCUT2D eigenvalue weighted by molar-refractivity contribution is -0.120. The summed E-state index contributed by atoms with van der Waals surface area (Å²) in [4.78, 5) is 16.5. The molecule has 3 aromatic rings. The number of halogens is 2. The molecular formula is C22H26F2N4O3. The molecule has 0 spiro atoms. The molecule has 0 aliphatic rings. The summed E-state index contributed by atoms with van der Waals surface area (Å²) < 4.78 is 31.7. The molecule has 7 nitrogen and oxygen atoms in total. The molecule has 2 aromatic heterocycles. The number of aromatic nitrogens is 3. The topological polar surface area (TPSA) is 89.3 Å². The highest BCUT2D eigenvalue weighted by molar-refractivity contribution is 5.86. The molecule has 3 rings (SSSR count). The Morgan fingerprint density at radius 1 is 1.29 bits per heavy atom. The van der Waals surface area contributed by atoms with Crippen LogP contribution in [0.5, 0.6) is 5.75 Å². The smallest absolute Gasteiger partial charge is 0.272 e. The molecule has 2 N–H and O–H groups in total. The number of amides is 1. The van der Waals surface area contributed by atoms with Crippen LogP contribution in [0.4, 0.5) is 8.78 Å². The molecule has 2 atom stereocenters. The Morgan fingerprint density at radius 2 is 2.06 bits per heavy atom. The number of hydrogen-bond acceptors (Lipinski definition) is 5. The van der Waals surface area contributed by atoms with Gasteiger partial charge in [-0.15, -0.1) is 0 Å². The van der Waals surface area contributed by atoms with E-state index in [4.69, 9.17) is 4.74 Å². The van der Waals surface area contributed by atoms with Crippen molar-refractivity contribution in [3.8, 4) is 5.75 Å². The number of alkyl halides is 2. The number of aliphatic hydroxyl groups is 1. The predicted octanol–water partition coefficient (Wildman–Crippen LogP) is 3.03. The van der Waals surface area contributed by atoms with Crippen LogP contribution >= 0.6 is 0 Å². The van der Waals surface area contributed by atoms with Crippen molar-refractivity contribution < 1.29 is 23.4 Å². The summed E-state index contributed by atoms with van der Waals surface area (Å²) >= 11 is 0. The molecule has 0 aliphatic carbocycles. The minimum Gasteiger partial charge on any atom is -0.487 e. The van der Waals surface area contributed by atoms with Crippen LogP contribution in [-0.2, 0) is 11.2 Å². The van der Waals surface area contributed by atoms with Crippen molar-refractivity contribution in [3.05, 3.63) is 53.5 Å². The number of carbonyl (C=O) groups excluding carboxylic acids is 1. The van der Waals surface area contributed by atoms with E-state index >= 15 is 0 Å². The first kappa shape index (κ1) is 22.6. The Hall–Kier alpha value is -3.07. The van der Waals surface area contributed by atoms with E-state index < -0.39 is 19.1 Å². The number of fused-ring (bicyclic) bond motifs is 1. The third-order valence-electron chi connectivity index (χ3n) is 4.90. The Balaban J connectivity index is 1.80. The molecule has 0 radical (unpaired) electrons. The highest BCUT2D eigenvalue weighted by atomic mass is 19.3. The minimum atomic E-state index is -2.52. The second kappa shape index (κ2) is 9.82. The number of aliphatic hydroxyl groups excluding tert-OH is 1. The van der Waals surface area contributed by atoms with Crippen LogP contribution in [0.15, 0.2) is 36.7 Å². The molecule has 166 valence electrons. The Bertz CT molecular complexity index is 1050. The van der Waals surface area contributed by atoms with Gasteiger partial charge in [0.05, 0.1) is 29.8 Å². The zero-order valence-electron chi connectivity index (χ0n) is 17.7. The molecule has 31 heavy (non-hydrogen) atoms. The van der Waals surface area contributed by atoms with E-state index in [0.29, 0.717) is 17.0 Å². The molecule has 1 aromatic carbocycles. The first-order chi connectivity index (χ1) is 14.7. The zero-order valence-corrected chi connectivity index (χ0v) is 17.7. The molecule has 0 saturated heterocycles. The van der Waals surface area contributed by atoms with Crippen LogP contribution in [0.3, 0.4) is 0 Å². The summed E-state index contributed by atoms with van der Waals surface area (Å²) in [6.07, 6.45) is 0.402. The van der Waals surface area contributed by atoms with E-state index in [1.807, 2.05) is 32.2 Å². The Kier molecular flexibility index (Phi) is 7.17. The van der Waals surface area contributed by atoms with Gasteiger partial charge in [-0.3, -0.25) is 14.5 Å². The van der Waals surface area contributed by atoms with Gasteiger partial charge in [-0.25, -0.2) is 8.78 Å². The van der Waals surface area contributed by atoms with Crippen molar-refractivity contribution >= 4 is 16.8 Å². The van der Waals surface area contributed by atoms with Gasteiger partial charge in [0.2, 0.25) is 5.91 Å². The summed E-state index contributed by atoms with van der Waals surface area (Å²) in [5.74, 6) is 0.202. The summed E-state index contributed by atoms with van der Waals surface area (Å²) in [6.45, 7) is 4.93.